The minimum atomic E-state index is -0.105. The molecule has 0 aromatic heterocycles. The Morgan fingerprint density at radius 1 is 1.25 bits per heavy atom. The van der Waals surface area contributed by atoms with Crippen LogP contribution in [0.5, 0.6) is 5.75 Å². The van der Waals surface area contributed by atoms with Crippen molar-refractivity contribution in [3.8, 4) is 5.75 Å². The summed E-state index contributed by atoms with van der Waals surface area (Å²) in [5.74, 6) is 0.567. The molecule has 0 bridgehead atoms. The molecule has 2 amide bonds. The third-order valence-corrected chi connectivity index (χ3v) is 4.61. The van der Waals surface area contributed by atoms with Gasteiger partial charge < -0.3 is 19.7 Å². The van der Waals surface area contributed by atoms with E-state index in [9.17, 15) is 4.79 Å². The molecule has 1 aliphatic heterocycles. The predicted octanol–water partition coefficient (Wildman–Crippen LogP) is 2.84. The van der Waals surface area contributed by atoms with E-state index < -0.39 is 0 Å². The first-order valence-corrected chi connectivity index (χ1v) is 8.54. The normalized spacial score (nSPS) is 15.4. The molecular formula is C17H26ClN3O3. The second kappa shape index (κ2) is 9.11. The highest BCUT2D eigenvalue weighted by molar-refractivity contribution is 6.31. The van der Waals surface area contributed by atoms with Gasteiger partial charge in [0.05, 0.1) is 12.8 Å². The number of rotatable bonds is 6. The number of anilines is 1. The number of nitrogens with zero attached hydrogens (tertiary/aromatic N) is 2. The monoisotopic (exact) mass is 355 g/mol. The molecule has 1 aromatic rings. The summed E-state index contributed by atoms with van der Waals surface area (Å²) < 4.78 is 10.4. The summed E-state index contributed by atoms with van der Waals surface area (Å²) in [6.07, 6.45) is 1.02. The van der Waals surface area contributed by atoms with Gasteiger partial charge in [-0.1, -0.05) is 11.6 Å². The number of aryl methyl sites for hydroxylation is 1. The van der Waals surface area contributed by atoms with Crippen molar-refractivity contribution in [2.75, 3.05) is 58.9 Å². The molecule has 1 aliphatic rings. The molecule has 1 aromatic carbocycles. The van der Waals surface area contributed by atoms with Crippen molar-refractivity contribution in [2.45, 2.75) is 13.3 Å². The van der Waals surface area contributed by atoms with Crippen LogP contribution >= 0.6 is 11.6 Å². The van der Waals surface area contributed by atoms with Crippen LogP contribution in [0.3, 0.4) is 0 Å². The maximum absolute atomic E-state index is 12.5. The zero-order chi connectivity index (χ0) is 17.5. The fraction of sp³-hybridized carbons (Fsp3) is 0.588. The second-order valence-corrected chi connectivity index (χ2v) is 6.31. The van der Waals surface area contributed by atoms with Crippen LogP contribution in [0.1, 0.15) is 12.0 Å². The Morgan fingerprint density at radius 2 is 1.96 bits per heavy atom. The number of piperazine rings is 1. The zero-order valence-electron chi connectivity index (χ0n) is 14.6. The third-order valence-electron chi connectivity index (χ3n) is 4.20. The lowest BCUT2D eigenvalue weighted by molar-refractivity contribution is 0.130. The highest BCUT2D eigenvalue weighted by Gasteiger charge is 2.21. The molecule has 1 N–H and O–H groups in total. The number of carbonyl (C=O) groups excluding carboxylic acids is 1. The van der Waals surface area contributed by atoms with Crippen molar-refractivity contribution >= 4 is 23.3 Å². The standard InChI is InChI=1S/C17H26ClN3O3/c1-13-11-15(16(24-3)12-14(13)18)19-17(22)21-8-6-20(7-9-21)5-4-10-23-2/h11-12H,4-10H2,1-3H3,(H,19,22). The molecule has 1 fully saturated rings. The van der Waals surface area contributed by atoms with Gasteiger partial charge in [-0.3, -0.25) is 4.90 Å². The van der Waals surface area contributed by atoms with Crippen LogP contribution in [0.25, 0.3) is 0 Å². The first-order valence-electron chi connectivity index (χ1n) is 8.16. The highest BCUT2D eigenvalue weighted by atomic mass is 35.5. The molecular weight excluding hydrogens is 330 g/mol. The Kier molecular flexibility index (Phi) is 7.15. The maximum atomic E-state index is 12.5. The maximum Gasteiger partial charge on any atom is 0.322 e. The Hall–Kier alpha value is -1.50. The summed E-state index contributed by atoms with van der Waals surface area (Å²) in [7, 11) is 3.28. The summed E-state index contributed by atoms with van der Waals surface area (Å²) >= 11 is 6.10. The molecule has 1 heterocycles. The summed E-state index contributed by atoms with van der Waals surface area (Å²) in [6.45, 7) is 6.88. The molecule has 134 valence electrons. The molecule has 0 radical (unpaired) electrons. The van der Waals surface area contributed by atoms with E-state index in [0.29, 0.717) is 29.5 Å². The Morgan fingerprint density at radius 3 is 2.58 bits per heavy atom. The number of ether oxygens (including phenoxy) is 2. The van der Waals surface area contributed by atoms with Gasteiger partial charge in [0.15, 0.2) is 0 Å². The number of urea groups is 1. The molecule has 0 unspecified atom stereocenters. The van der Waals surface area contributed by atoms with Crippen molar-refractivity contribution in [3.05, 3.63) is 22.7 Å². The number of halogens is 1. The number of carbonyl (C=O) groups is 1. The minimum Gasteiger partial charge on any atom is -0.495 e. The molecule has 6 nitrogen and oxygen atoms in total. The van der Waals surface area contributed by atoms with Gasteiger partial charge in [0, 0.05) is 57.5 Å². The Labute approximate surface area is 148 Å². The largest absolute Gasteiger partial charge is 0.495 e. The smallest absolute Gasteiger partial charge is 0.322 e. The molecule has 1 saturated heterocycles. The zero-order valence-corrected chi connectivity index (χ0v) is 15.4. The van der Waals surface area contributed by atoms with Crippen molar-refractivity contribution in [1.29, 1.82) is 0 Å². The van der Waals surface area contributed by atoms with Crippen LogP contribution in [0.2, 0.25) is 5.02 Å². The average Bonchev–Trinajstić information content (AvgIpc) is 2.58. The van der Waals surface area contributed by atoms with Crippen LogP contribution in [-0.4, -0.2) is 69.4 Å². The predicted molar refractivity (Wildman–Crippen MR) is 96.3 cm³/mol. The first kappa shape index (κ1) is 18.8. The Bertz CT molecular complexity index is 560. The van der Waals surface area contributed by atoms with Gasteiger partial charge in [0.1, 0.15) is 5.75 Å². The van der Waals surface area contributed by atoms with E-state index >= 15 is 0 Å². The molecule has 2 rings (SSSR count). The fourth-order valence-electron chi connectivity index (χ4n) is 2.73. The van der Waals surface area contributed by atoms with Gasteiger partial charge in [-0.05, 0) is 25.0 Å². The molecule has 0 spiro atoms. The van der Waals surface area contributed by atoms with E-state index in [0.717, 1.165) is 38.2 Å². The lowest BCUT2D eigenvalue weighted by atomic mass is 10.2. The Balaban J connectivity index is 1.89. The van der Waals surface area contributed by atoms with Gasteiger partial charge in [0.25, 0.3) is 0 Å². The van der Waals surface area contributed by atoms with Crippen LogP contribution in [0.15, 0.2) is 12.1 Å². The van der Waals surface area contributed by atoms with Gasteiger partial charge in [-0.2, -0.15) is 0 Å². The SMILES string of the molecule is COCCCN1CCN(C(=O)Nc2cc(C)c(Cl)cc2OC)CC1. The molecule has 24 heavy (non-hydrogen) atoms. The molecule has 7 heteroatoms. The van der Waals surface area contributed by atoms with E-state index in [1.54, 1.807) is 20.3 Å². The van der Waals surface area contributed by atoms with Crippen LogP contribution in [0, 0.1) is 6.92 Å². The summed E-state index contributed by atoms with van der Waals surface area (Å²) in [5, 5.41) is 3.55. The molecule has 0 saturated carbocycles. The van der Waals surface area contributed by atoms with Crippen LogP contribution in [0.4, 0.5) is 10.5 Å². The van der Waals surface area contributed by atoms with Crippen molar-refractivity contribution in [3.63, 3.8) is 0 Å². The topological polar surface area (TPSA) is 54.0 Å². The summed E-state index contributed by atoms with van der Waals surface area (Å²) in [6, 6.07) is 3.45. The van der Waals surface area contributed by atoms with E-state index in [1.165, 1.54) is 0 Å². The van der Waals surface area contributed by atoms with Crippen LogP contribution in [-0.2, 0) is 4.74 Å². The quantitative estimate of drug-likeness (QED) is 0.797. The lowest BCUT2D eigenvalue weighted by Gasteiger charge is -2.34. The summed E-state index contributed by atoms with van der Waals surface area (Å²) in [5.41, 5.74) is 1.54. The van der Waals surface area contributed by atoms with E-state index in [-0.39, 0.29) is 6.03 Å². The van der Waals surface area contributed by atoms with E-state index in [1.807, 2.05) is 17.9 Å². The lowest BCUT2D eigenvalue weighted by Crippen LogP contribution is -2.50. The van der Waals surface area contributed by atoms with E-state index in [4.69, 9.17) is 21.1 Å². The molecule has 0 aliphatic carbocycles. The highest BCUT2D eigenvalue weighted by Crippen LogP contribution is 2.31. The van der Waals surface area contributed by atoms with Crippen molar-refractivity contribution in [2.24, 2.45) is 0 Å². The van der Waals surface area contributed by atoms with E-state index in [2.05, 4.69) is 10.2 Å². The second-order valence-electron chi connectivity index (χ2n) is 5.91. The fourth-order valence-corrected chi connectivity index (χ4v) is 2.88. The molecule has 0 atom stereocenters. The third kappa shape index (κ3) is 5.00. The number of amides is 2. The number of hydrogen-bond donors (Lipinski definition) is 1. The van der Waals surface area contributed by atoms with Gasteiger partial charge >= 0.3 is 6.03 Å². The number of nitrogens with one attached hydrogen (secondary N) is 1. The van der Waals surface area contributed by atoms with Crippen molar-refractivity contribution < 1.29 is 14.3 Å². The average molecular weight is 356 g/mol. The summed E-state index contributed by atoms with van der Waals surface area (Å²) in [4.78, 5) is 16.7. The number of methoxy groups -OCH3 is 2. The first-order chi connectivity index (χ1) is 11.5. The minimum absolute atomic E-state index is 0.105. The van der Waals surface area contributed by atoms with Gasteiger partial charge in [-0.15, -0.1) is 0 Å². The van der Waals surface area contributed by atoms with Crippen LogP contribution < -0.4 is 10.1 Å². The van der Waals surface area contributed by atoms with Gasteiger partial charge in [0.2, 0.25) is 0 Å². The number of benzene rings is 1. The number of hydrogen-bond acceptors (Lipinski definition) is 4. The van der Waals surface area contributed by atoms with Gasteiger partial charge in [-0.25, -0.2) is 4.79 Å². The van der Waals surface area contributed by atoms with Crippen molar-refractivity contribution in [1.82, 2.24) is 9.80 Å².